The molecule has 0 saturated carbocycles. The van der Waals surface area contributed by atoms with Gasteiger partial charge in [-0.05, 0) is 18.1 Å². The predicted molar refractivity (Wildman–Crippen MR) is 105 cm³/mol. The smallest absolute Gasteiger partial charge is 0.272 e. The second kappa shape index (κ2) is 9.99. The van der Waals surface area contributed by atoms with Crippen LogP contribution in [0.1, 0.15) is 22.5 Å². The molecule has 0 atom stereocenters. The highest BCUT2D eigenvalue weighted by molar-refractivity contribution is 5.92. The molecule has 7 nitrogen and oxygen atoms in total. The van der Waals surface area contributed by atoms with E-state index in [1.54, 1.807) is 19.4 Å². The number of carbonyl (C=O) groups excluding carboxylic acids is 1. The van der Waals surface area contributed by atoms with Crippen molar-refractivity contribution in [3.8, 4) is 0 Å². The van der Waals surface area contributed by atoms with Crippen molar-refractivity contribution in [2.24, 2.45) is 0 Å². The summed E-state index contributed by atoms with van der Waals surface area (Å²) in [4.78, 5) is 25.6. The highest BCUT2D eigenvalue weighted by atomic mass is 16.5. The van der Waals surface area contributed by atoms with Crippen LogP contribution in [0.15, 0.2) is 42.6 Å². The van der Waals surface area contributed by atoms with Gasteiger partial charge >= 0.3 is 0 Å². The summed E-state index contributed by atoms with van der Waals surface area (Å²) in [6.07, 6.45) is 2.49. The van der Waals surface area contributed by atoms with Crippen molar-refractivity contribution in [2.45, 2.75) is 13.0 Å². The SMILES string of the molecule is COCCCNc1nccc(C(=O)N2CCN(Cc3ccccc3)CC2)n1. The van der Waals surface area contributed by atoms with Crippen LogP contribution in [0.25, 0.3) is 0 Å². The van der Waals surface area contributed by atoms with Crippen LogP contribution in [0.3, 0.4) is 0 Å². The first kappa shape index (κ1) is 19.3. The van der Waals surface area contributed by atoms with Crippen LogP contribution in [0.2, 0.25) is 0 Å². The average Bonchev–Trinajstić information content (AvgIpc) is 2.72. The Kier molecular flexibility index (Phi) is 7.12. The minimum absolute atomic E-state index is 0.0308. The summed E-state index contributed by atoms with van der Waals surface area (Å²) < 4.78 is 5.02. The van der Waals surface area contributed by atoms with E-state index in [0.717, 1.165) is 26.1 Å². The number of anilines is 1. The maximum Gasteiger partial charge on any atom is 0.272 e. The quantitative estimate of drug-likeness (QED) is 0.717. The monoisotopic (exact) mass is 369 g/mol. The molecule has 27 heavy (non-hydrogen) atoms. The zero-order valence-corrected chi connectivity index (χ0v) is 15.8. The van der Waals surface area contributed by atoms with Crippen molar-refractivity contribution in [1.82, 2.24) is 19.8 Å². The van der Waals surface area contributed by atoms with Gasteiger partial charge in [-0.25, -0.2) is 9.97 Å². The van der Waals surface area contributed by atoms with Crippen LogP contribution < -0.4 is 5.32 Å². The summed E-state index contributed by atoms with van der Waals surface area (Å²) in [6, 6.07) is 12.1. The fourth-order valence-electron chi connectivity index (χ4n) is 3.09. The average molecular weight is 369 g/mol. The van der Waals surface area contributed by atoms with Crippen molar-refractivity contribution < 1.29 is 9.53 Å². The van der Waals surface area contributed by atoms with Crippen LogP contribution in [0.4, 0.5) is 5.95 Å². The third-order valence-corrected chi connectivity index (χ3v) is 4.59. The molecule has 0 bridgehead atoms. The number of hydrogen-bond donors (Lipinski definition) is 1. The fourth-order valence-corrected chi connectivity index (χ4v) is 3.09. The number of hydrogen-bond acceptors (Lipinski definition) is 6. The Labute approximate surface area is 160 Å². The molecule has 3 rings (SSSR count). The number of piperazine rings is 1. The summed E-state index contributed by atoms with van der Waals surface area (Å²) in [6.45, 7) is 5.48. The van der Waals surface area contributed by atoms with Gasteiger partial charge in [0.2, 0.25) is 5.95 Å². The maximum atomic E-state index is 12.8. The molecule has 1 aliphatic rings. The molecule has 2 aromatic rings. The van der Waals surface area contributed by atoms with Gasteiger partial charge in [0.05, 0.1) is 0 Å². The standard InChI is InChI=1S/C20H27N5O2/c1-27-15-5-9-21-20-22-10-8-18(23-20)19(26)25-13-11-24(12-14-25)16-17-6-3-2-4-7-17/h2-4,6-8,10H,5,9,11-16H2,1H3,(H,21,22,23). The molecule has 0 aliphatic carbocycles. The topological polar surface area (TPSA) is 70.6 Å². The molecule has 1 aliphatic heterocycles. The zero-order chi connectivity index (χ0) is 18.9. The largest absolute Gasteiger partial charge is 0.385 e. The third-order valence-electron chi connectivity index (χ3n) is 4.59. The zero-order valence-electron chi connectivity index (χ0n) is 15.8. The number of methoxy groups -OCH3 is 1. The Morgan fingerprint density at radius 1 is 1.15 bits per heavy atom. The molecule has 144 valence electrons. The van der Waals surface area contributed by atoms with Gasteiger partial charge in [0.25, 0.3) is 5.91 Å². The van der Waals surface area contributed by atoms with E-state index in [4.69, 9.17) is 4.74 Å². The summed E-state index contributed by atoms with van der Waals surface area (Å²) in [5.74, 6) is 0.455. The predicted octanol–water partition coefficient (Wildman–Crippen LogP) is 1.88. The summed E-state index contributed by atoms with van der Waals surface area (Å²) in [7, 11) is 1.68. The number of carbonyl (C=O) groups is 1. The van der Waals surface area contributed by atoms with Crippen LogP contribution in [-0.4, -0.2) is 72.1 Å². The van der Waals surface area contributed by atoms with Gasteiger partial charge in [-0.2, -0.15) is 0 Å². The van der Waals surface area contributed by atoms with E-state index < -0.39 is 0 Å². The van der Waals surface area contributed by atoms with Gasteiger partial charge < -0.3 is 15.0 Å². The molecule has 1 amide bonds. The van der Waals surface area contributed by atoms with E-state index in [1.807, 2.05) is 11.0 Å². The highest BCUT2D eigenvalue weighted by Gasteiger charge is 2.23. The summed E-state index contributed by atoms with van der Waals surface area (Å²) in [5, 5.41) is 3.13. The van der Waals surface area contributed by atoms with E-state index in [-0.39, 0.29) is 5.91 Å². The third kappa shape index (κ3) is 5.74. The number of benzene rings is 1. The van der Waals surface area contributed by atoms with Crippen LogP contribution in [0.5, 0.6) is 0 Å². The van der Waals surface area contributed by atoms with Gasteiger partial charge in [-0.15, -0.1) is 0 Å². The molecule has 2 heterocycles. The molecule has 1 aromatic heterocycles. The summed E-state index contributed by atoms with van der Waals surface area (Å²) >= 11 is 0. The molecular formula is C20H27N5O2. The summed E-state index contributed by atoms with van der Waals surface area (Å²) in [5.41, 5.74) is 1.74. The molecule has 1 fully saturated rings. The normalized spacial score (nSPS) is 14.9. The number of aromatic nitrogens is 2. The Morgan fingerprint density at radius 3 is 2.67 bits per heavy atom. The molecule has 0 unspecified atom stereocenters. The number of nitrogens with one attached hydrogen (secondary N) is 1. The number of nitrogens with zero attached hydrogens (tertiary/aromatic N) is 4. The van der Waals surface area contributed by atoms with E-state index in [0.29, 0.717) is 37.9 Å². The molecule has 1 N–H and O–H groups in total. The number of rotatable bonds is 8. The van der Waals surface area contributed by atoms with Crippen molar-refractivity contribution in [2.75, 3.05) is 51.8 Å². The van der Waals surface area contributed by atoms with E-state index in [2.05, 4.69) is 44.5 Å². The van der Waals surface area contributed by atoms with Gasteiger partial charge in [-0.3, -0.25) is 9.69 Å². The second-order valence-corrected chi connectivity index (χ2v) is 6.59. The maximum absolute atomic E-state index is 12.8. The van der Waals surface area contributed by atoms with Crippen LogP contribution in [0, 0.1) is 0 Å². The minimum Gasteiger partial charge on any atom is -0.385 e. The Bertz CT molecular complexity index is 717. The second-order valence-electron chi connectivity index (χ2n) is 6.59. The lowest BCUT2D eigenvalue weighted by atomic mass is 10.2. The molecule has 0 radical (unpaired) electrons. The van der Waals surface area contributed by atoms with Crippen LogP contribution in [-0.2, 0) is 11.3 Å². The lowest BCUT2D eigenvalue weighted by Crippen LogP contribution is -2.48. The lowest BCUT2D eigenvalue weighted by Gasteiger charge is -2.34. The Morgan fingerprint density at radius 2 is 1.93 bits per heavy atom. The fraction of sp³-hybridized carbons (Fsp3) is 0.450. The van der Waals surface area contributed by atoms with Crippen molar-refractivity contribution in [3.05, 3.63) is 53.9 Å². The Balaban J connectivity index is 1.50. The Hall–Kier alpha value is -2.51. The number of ether oxygens (including phenoxy) is 1. The minimum atomic E-state index is -0.0308. The first-order chi connectivity index (χ1) is 13.3. The number of amides is 1. The molecule has 1 saturated heterocycles. The van der Waals surface area contributed by atoms with Gasteiger partial charge in [0.15, 0.2) is 0 Å². The first-order valence-electron chi connectivity index (χ1n) is 9.37. The van der Waals surface area contributed by atoms with Gasteiger partial charge in [0.1, 0.15) is 5.69 Å². The van der Waals surface area contributed by atoms with Crippen LogP contribution >= 0.6 is 0 Å². The first-order valence-corrected chi connectivity index (χ1v) is 9.37. The van der Waals surface area contributed by atoms with E-state index in [9.17, 15) is 4.79 Å². The van der Waals surface area contributed by atoms with Gasteiger partial charge in [-0.1, -0.05) is 30.3 Å². The van der Waals surface area contributed by atoms with Crippen molar-refractivity contribution >= 4 is 11.9 Å². The molecule has 7 heteroatoms. The van der Waals surface area contributed by atoms with Crippen molar-refractivity contribution in [3.63, 3.8) is 0 Å². The molecular weight excluding hydrogens is 342 g/mol. The van der Waals surface area contributed by atoms with Gasteiger partial charge in [0, 0.05) is 59.2 Å². The van der Waals surface area contributed by atoms with E-state index in [1.165, 1.54) is 5.56 Å². The molecule has 0 spiro atoms. The van der Waals surface area contributed by atoms with Crippen molar-refractivity contribution in [1.29, 1.82) is 0 Å². The molecule has 1 aromatic carbocycles. The van der Waals surface area contributed by atoms with E-state index >= 15 is 0 Å². The lowest BCUT2D eigenvalue weighted by molar-refractivity contribution is 0.0622. The highest BCUT2D eigenvalue weighted by Crippen LogP contribution is 2.11.